The summed E-state index contributed by atoms with van der Waals surface area (Å²) in [5, 5.41) is 4.51. The second-order valence-electron chi connectivity index (χ2n) is 13.3. The highest BCUT2D eigenvalue weighted by molar-refractivity contribution is 6.07. The zero-order valence-electron chi connectivity index (χ0n) is 28.8. The Morgan fingerprint density at radius 3 is 1.47 bits per heavy atom. The van der Waals surface area contributed by atoms with E-state index in [-0.39, 0.29) is 0 Å². The lowest BCUT2D eigenvalue weighted by Crippen LogP contribution is -1.91. The molecule has 0 N–H and O–H groups in total. The topological polar surface area (TPSA) is 38.9 Å². The lowest BCUT2D eigenvalue weighted by Gasteiger charge is -2.13. The Hall–Kier alpha value is -7.10. The maximum atomic E-state index is 6.95. The summed E-state index contributed by atoms with van der Waals surface area (Å²) >= 11 is 0. The van der Waals surface area contributed by atoms with Crippen molar-refractivity contribution in [2.75, 3.05) is 0 Å². The zero-order chi connectivity index (χ0) is 35.1. The standard InChI is InChI=1S/C50H32N2O/c1-4-13-34(14-5-1)45-46(35-15-6-2-7-16-35)50(53-49(45)38-17-8-3-9-18-38)39-26-22-33(23-27-39)40-29-30-43(42-21-11-10-20-41(40)42)44-31-28-37-25-24-36-19-12-32-51-47(36)48(37)52-44/h1-32H. The van der Waals surface area contributed by atoms with Crippen molar-refractivity contribution < 1.29 is 4.42 Å². The van der Waals surface area contributed by atoms with Gasteiger partial charge >= 0.3 is 0 Å². The summed E-state index contributed by atoms with van der Waals surface area (Å²) in [7, 11) is 0. The Bertz CT molecular complexity index is 2910. The van der Waals surface area contributed by atoms with Gasteiger partial charge in [-0.1, -0.05) is 176 Å². The molecular weight excluding hydrogens is 645 g/mol. The van der Waals surface area contributed by atoms with Crippen LogP contribution in [0.3, 0.4) is 0 Å². The highest BCUT2D eigenvalue weighted by Crippen LogP contribution is 2.48. The molecule has 0 radical (unpaired) electrons. The number of fused-ring (bicyclic) bond motifs is 4. The van der Waals surface area contributed by atoms with Crippen molar-refractivity contribution in [3.8, 4) is 67.3 Å². The fourth-order valence-corrected chi connectivity index (χ4v) is 7.64. The van der Waals surface area contributed by atoms with Gasteiger partial charge in [-0.2, -0.15) is 0 Å². The molecule has 0 spiro atoms. The van der Waals surface area contributed by atoms with Gasteiger partial charge in [-0.15, -0.1) is 0 Å². The Morgan fingerprint density at radius 1 is 0.340 bits per heavy atom. The van der Waals surface area contributed by atoms with Crippen LogP contribution < -0.4 is 0 Å². The predicted octanol–water partition coefficient (Wildman–Crippen LogP) is 13.5. The van der Waals surface area contributed by atoms with Crippen LogP contribution >= 0.6 is 0 Å². The van der Waals surface area contributed by atoms with Crippen LogP contribution in [-0.2, 0) is 0 Å². The van der Waals surface area contributed by atoms with Gasteiger partial charge in [0.05, 0.1) is 16.7 Å². The smallest absolute Gasteiger partial charge is 0.143 e. The van der Waals surface area contributed by atoms with Crippen LogP contribution in [0.1, 0.15) is 0 Å². The average molecular weight is 677 g/mol. The number of hydrogen-bond acceptors (Lipinski definition) is 3. The van der Waals surface area contributed by atoms with E-state index in [1.165, 1.54) is 10.9 Å². The highest BCUT2D eigenvalue weighted by Gasteiger charge is 2.25. The van der Waals surface area contributed by atoms with Crippen molar-refractivity contribution in [3.63, 3.8) is 0 Å². The van der Waals surface area contributed by atoms with Crippen LogP contribution in [0.2, 0.25) is 0 Å². The molecule has 0 fully saturated rings. The minimum Gasteiger partial charge on any atom is -0.455 e. The molecule has 10 rings (SSSR count). The normalized spacial score (nSPS) is 11.4. The molecule has 0 aliphatic rings. The maximum Gasteiger partial charge on any atom is 0.143 e. The third-order valence-electron chi connectivity index (χ3n) is 10.2. The molecule has 53 heavy (non-hydrogen) atoms. The summed E-state index contributed by atoms with van der Waals surface area (Å²) < 4.78 is 6.95. The first-order chi connectivity index (χ1) is 26.3. The Balaban J connectivity index is 1.10. The van der Waals surface area contributed by atoms with Gasteiger partial charge < -0.3 is 4.42 Å². The third-order valence-corrected chi connectivity index (χ3v) is 10.2. The van der Waals surface area contributed by atoms with Crippen molar-refractivity contribution in [1.82, 2.24) is 9.97 Å². The van der Waals surface area contributed by atoms with Gasteiger partial charge in [0.2, 0.25) is 0 Å². The molecule has 7 aromatic carbocycles. The van der Waals surface area contributed by atoms with E-state index < -0.39 is 0 Å². The molecule has 3 nitrogen and oxygen atoms in total. The van der Waals surface area contributed by atoms with Crippen LogP contribution in [0.5, 0.6) is 0 Å². The summed E-state index contributed by atoms with van der Waals surface area (Å²) in [5.41, 5.74) is 12.7. The van der Waals surface area contributed by atoms with Gasteiger partial charge in [0.25, 0.3) is 0 Å². The molecule has 0 unspecified atom stereocenters. The fourth-order valence-electron chi connectivity index (χ4n) is 7.64. The van der Waals surface area contributed by atoms with Crippen molar-refractivity contribution >= 4 is 32.6 Å². The largest absolute Gasteiger partial charge is 0.455 e. The van der Waals surface area contributed by atoms with Gasteiger partial charge in [0.1, 0.15) is 11.5 Å². The first-order valence-electron chi connectivity index (χ1n) is 17.9. The molecule has 0 aliphatic carbocycles. The number of hydrogen-bond donors (Lipinski definition) is 0. The van der Waals surface area contributed by atoms with E-state index in [2.05, 4.69) is 181 Å². The van der Waals surface area contributed by atoms with Crippen molar-refractivity contribution in [3.05, 3.63) is 194 Å². The minimum absolute atomic E-state index is 0.852. The van der Waals surface area contributed by atoms with Crippen LogP contribution in [0, 0.1) is 0 Å². The lowest BCUT2D eigenvalue weighted by molar-refractivity contribution is 0.599. The summed E-state index contributed by atoms with van der Waals surface area (Å²) in [6, 6.07) is 66.0. The monoisotopic (exact) mass is 676 g/mol. The first-order valence-corrected chi connectivity index (χ1v) is 17.9. The molecule has 0 amide bonds. The van der Waals surface area contributed by atoms with E-state index >= 15 is 0 Å². The molecule has 0 bridgehead atoms. The zero-order valence-corrected chi connectivity index (χ0v) is 28.8. The molecule has 248 valence electrons. The highest BCUT2D eigenvalue weighted by atomic mass is 16.3. The Kier molecular flexibility index (Phi) is 7.47. The van der Waals surface area contributed by atoms with E-state index in [0.717, 1.165) is 88.9 Å². The number of nitrogens with zero attached hydrogens (tertiary/aromatic N) is 2. The van der Waals surface area contributed by atoms with E-state index in [4.69, 9.17) is 9.40 Å². The average Bonchev–Trinajstić information content (AvgIpc) is 3.65. The number of furan rings is 1. The quantitative estimate of drug-likeness (QED) is 0.165. The van der Waals surface area contributed by atoms with Crippen LogP contribution in [-0.4, -0.2) is 9.97 Å². The fraction of sp³-hybridized carbons (Fsp3) is 0. The number of rotatable bonds is 6. The first kappa shape index (κ1) is 30.7. The summed E-state index contributed by atoms with van der Waals surface area (Å²) in [6.45, 7) is 0. The van der Waals surface area contributed by atoms with Crippen LogP contribution in [0.15, 0.2) is 199 Å². The van der Waals surface area contributed by atoms with E-state index in [1.54, 1.807) is 0 Å². The van der Waals surface area contributed by atoms with E-state index in [9.17, 15) is 0 Å². The van der Waals surface area contributed by atoms with Crippen LogP contribution in [0.4, 0.5) is 0 Å². The molecule has 0 atom stereocenters. The second-order valence-corrected chi connectivity index (χ2v) is 13.3. The third kappa shape index (κ3) is 5.38. The molecule has 0 saturated carbocycles. The van der Waals surface area contributed by atoms with Gasteiger partial charge in [-0.25, -0.2) is 4.98 Å². The van der Waals surface area contributed by atoms with Gasteiger partial charge in [0.15, 0.2) is 0 Å². The molecule has 3 aromatic heterocycles. The summed E-state index contributed by atoms with van der Waals surface area (Å²) in [4.78, 5) is 9.86. The molecule has 0 aliphatic heterocycles. The lowest BCUT2D eigenvalue weighted by atomic mass is 9.90. The van der Waals surface area contributed by atoms with E-state index in [1.807, 2.05) is 18.3 Å². The number of aromatic nitrogens is 2. The number of benzene rings is 7. The van der Waals surface area contributed by atoms with E-state index in [0.29, 0.717) is 0 Å². The Morgan fingerprint density at radius 2 is 0.830 bits per heavy atom. The van der Waals surface area contributed by atoms with Crippen molar-refractivity contribution in [2.24, 2.45) is 0 Å². The molecule has 10 aromatic rings. The predicted molar refractivity (Wildman–Crippen MR) is 219 cm³/mol. The maximum absolute atomic E-state index is 6.95. The second kappa shape index (κ2) is 12.9. The summed E-state index contributed by atoms with van der Waals surface area (Å²) in [6.07, 6.45) is 1.84. The van der Waals surface area contributed by atoms with Crippen molar-refractivity contribution in [1.29, 1.82) is 0 Å². The number of pyridine rings is 2. The van der Waals surface area contributed by atoms with Gasteiger partial charge in [-0.05, 0) is 45.2 Å². The minimum atomic E-state index is 0.852. The van der Waals surface area contributed by atoms with Crippen molar-refractivity contribution in [2.45, 2.75) is 0 Å². The molecule has 3 heteroatoms. The van der Waals surface area contributed by atoms with Crippen LogP contribution in [0.25, 0.3) is 99.9 Å². The molecular formula is C50H32N2O. The molecule has 3 heterocycles. The summed E-state index contributed by atoms with van der Waals surface area (Å²) in [5.74, 6) is 1.72. The van der Waals surface area contributed by atoms with Gasteiger partial charge in [0, 0.05) is 44.8 Å². The SMILES string of the molecule is c1ccc(-c2oc(-c3ccc(-c4ccc(-c5ccc6ccc7cccnc7c6n5)c5ccccc45)cc3)c(-c3ccccc3)c2-c2ccccc2)cc1. The van der Waals surface area contributed by atoms with Gasteiger partial charge in [-0.3, -0.25) is 4.98 Å². The Labute approximate surface area is 307 Å². The molecule has 0 saturated heterocycles.